The fourth-order valence-corrected chi connectivity index (χ4v) is 3.95. The van der Waals surface area contributed by atoms with E-state index in [9.17, 15) is 9.59 Å². The molecule has 3 rings (SSSR count). The number of para-hydroxylation sites is 1. The molecule has 1 atom stereocenters. The second-order valence-electron chi connectivity index (χ2n) is 5.64. The first-order valence-electron chi connectivity index (χ1n) is 7.76. The second-order valence-corrected chi connectivity index (χ2v) is 7.68. The molecule has 2 aromatic carbocycles. The number of carbonyl (C=O) groups excluding carboxylic acids is 2. The minimum Gasteiger partial charge on any atom is -0.325 e. The van der Waals surface area contributed by atoms with E-state index < -0.39 is 5.25 Å². The molecule has 0 radical (unpaired) electrons. The van der Waals surface area contributed by atoms with Crippen LogP contribution in [0.3, 0.4) is 0 Å². The Labute approximate surface area is 165 Å². The lowest BCUT2D eigenvalue weighted by molar-refractivity contribution is -0.128. The van der Waals surface area contributed by atoms with E-state index in [1.54, 1.807) is 25.2 Å². The molecule has 0 spiro atoms. The van der Waals surface area contributed by atoms with Crippen molar-refractivity contribution in [3.8, 4) is 0 Å². The summed E-state index contributed by atoms with van der Waals surface area (Å²) in [4.78, 5) is 30.8. The predicted octanol–water partition coefficient (Wildman–Crippen LogP) is 4.58. The van der Waals surface area contributed by atoms with E-state index in [2.05, 4.69) is 10.3 Å². The van der Waals surface area contributed by atoms with E-state index >= 15 is 0 Å². The molecular weight excluding hydrogens is 393 g/mol. The number of amidine groups is 1. The maximum absolute atomic E-state index is 12.6. The zero-order chi connectivity index (χ0) is 18.7. The average Bonchev–Trinajstić information content (AvgIpc) is 2.58. The first-order chi connectivity index (χ1) is 12.4. The average molecular weight is 408 g/mol. The number of thioether (sulfide) groups is 1. The minimum atomic E-state index is -0.584. The van der Waals surface area contributed by atoms with Crippen LogP contribution in [-0.2, 0) is 9.59 Å². The highest BCUT2D eigenvalue weighted by atomic mass is 35.5. The van der Waals surface area contributed by atoms with Gasteiger partial charge in [-0.3, -0.25) is 14.5 Å². The van der Waals surface area contributed by atoms with E-state index in [4.69, 9.17) is 23.2 Å². The van der Waals surface area contributed by atoms with Gasteiger partial charge in [-0.1, -0.05) is 53.2 Å². The first kappa shape index (κ1) is 18.8. The third-order valence-corrected chi connectivity index (χ3v) is 5.35. The summed E-state index contributed by atoms with van der Waals surface area (Å²) >= 11 is 13.2. The predicted molar refractivity (Wildman–Crippen MR) is 107 cm³/mol. The third kappa shape index (κ3) is 4.58. The molecule has 134 valence electrons. The zero-order valence-electron chi connectivity index (χ0n) is 13.8. The SMILES string of the molecule is CN1C(=O)CC(C(=O)Nc2cc(Cl)cc(Cl)c2)SC1=Nc1ccccc1. The zero-order valence-corrected chi connectivity index (χ0v) is 16.1. The van der Waals surface area contributed by atoms with Crippen LogP contribution in [0.4, 0.5) is 11.4 Å². The van der Waals surface area contributed by atoms with Gasteiger partial charge in [-0.15, -0.1) is 0 Å². The van der Waals surface area contributed by atoms with E-state index in [-0.39, 0.29) is 18.2 Å². The van der Waals surface area contributed by atoms with Crippen molar-refractivity contribution < 1.29 is 9.59 Å². The van der Waals surface area contributed by atoms with Crippen molar-refractivity contribution in [3.05, 3.63) is 58.6 Å². The molecule has 2 aromatic rings. The highest BCUT2D eigenvalue weighted by Crippen LogP contribution is 2.29. The van der Waals surface area contributed by atoms with Crippen molar-refractivity contribution >= 4 is 63.3 Å². The molecule has 0 saturated carbocycles. The number of halogens is 2. The van der Waals surface area contributed by atoms with E-state index in [0.29, 0.717) is 20.9 Å². The van der Waals surface area contributed by atoms with Crippen LogP contribution < -0.4 is 5.32 Å². The summed E-state index contributed by atoms with van der Waals surface area (Å²) < 4.78 is 0. The van der Waals surface area contributed by atoms with Crippen molar-refractivity contribution in [2.45, 2.75) is 11.7 Å². The molecule has 5 nitrogen and oxygen atoms in total. The molecule has 0 bridgehead atoms. The molecule has 1 saturated heterocycles. The normalized spacial score (nSPS) is 18.9. The lowest BCUT2D eigenvalue weighted by atomic mass is 10.2. The molecular formula is C18H15Cl2N3O2S. The second kappa shape index (κ2) is 8.12. The molecule has 1 unspecified atom stereocenters. The summed E-state index contributed by atoms with van der Waals surface area (Å²) in [5.41, 5.74) is 1.21. The van der Waals surface area contributed by atoms with Gasteiger partial charge in [0.25, 0.3) is 0 Å². The van der Waals surface area contributed by atoms with Crippen LogP contribution in [0.15, 0.2) is 53.5 Å². The molecule has 0 aromatic heterocycles. The van der Waals surface area contributed by atoms with Gasteiger partial charge in [0.2, 0.25) is 11.8 Å². The van der Waals surface area contributed by atoms with E-state index in [1.165, 1.54) is 16.7 Å². The van der Waals surface area contributed by atoms with Crippen LogP contribution in [0.5, 0.6) is 0 Å². The molecule has 2 amide bonds. The third-order valence-electron chi connectivity index (χ3n) is 3.67. The van der Waals surface area contributed by atoms with Gasteiger partial charge in [0.05, 0.1) is 5.69 Å². The van der Waals surface area contributed by atoms with Crippen molar-refractivity contribution in [1.82, 2.24) is 4.90 Å². The van der Waals surface area contributed by atoms with Crippen molar-refractivity contribution in [2.24, 2.45) is 4.99 Å². The van der Waals surface area contributed by atoms with E-state index in [0.717, 1.165) is 5.69 Å². The highest BCUT2D eigenvalue weighted by molar-refractivity contribution is 8.15. The summed E-state index contributed by atoms with van der Waals surface area (Å²) in [6.45, 7) is 0. The maximum atomic E-state index is 12.6. The number of carbonyl (C=O) groups is 2. The van der Waals surface area contributed by atoms with Gasteiger partial charge in [-0.25, -0.2) is 4.99 Å². The Morgan fingerprint density at radius 3 is 2.50 bits per heavy atom. The standard InChI is InChI=1S/C18H15Cl2N3O2S/c1-23-16(24)10-15(26-18(23)22-13-5-3-2-4-6-13)17(25)21-14-8-11(19)7-12(20)9-14/h2-9,15H,10H2,1H3,(H,21,25). The Bertz CT molecular complexity index is 854. The smallest absolute Gasteiger partial charge is 0.238 e. The summed E-state index contributed by atoms with van der Waals surface area (Å²) in [5, 5.41) is 3.50. The molecule has 1 aliphatic rings. The Hall–Kier alpha value is -2.02. The number of nitrogens with zero attached hydrogens (tertiary/aromatic N) is 2. The molecule has 1 aliphatic heterocycles. The largest absolute Gasteiger partial charge is 0.325 e. The Kier molecular flexibility index (Phi) is 5.86. The molecule has 0 aliphatic carbocycles. The van der Waals surface area contributed by atoms with Gasteiger partial charge in [0.1, 0.15) is 5.25 Å². The van der Waals surface area contributed by atoms with Gasteiger partial charge < -0.3 is 5.32 Å². The van der Waals surface area contributed by atoms with Crippen molar-refractivity contribution in [1.29, 1.82) is 0 Å². The van der Waals surface area contributed by atoms with Crippen molar-refractivity contribution in [2.75, 3.05) is 12.4 Å². The summed E-state index contributed by atoms with van der Waals surface area (Å²) in [6, 6.07) is 14.1. The van der Waals surface area contributed by atoms with Gasteiger partial charge in [-0.05, 0) is 30.3 Å². The van der Waals surface area contributed by atoms with Gasteiger partial charge in [0.15, 0.2) is 5.17 Å². The molecule has 1 fully saturated rings. The molecule has 26 heavy (non-hydrogen) atoms. The first-order valence-corrected chi connectivity index (χ1v) is 9.40. The number of amides is 2. The number of aliphatic imine (C=N–C) groups is 1. The van der Waals surface area contributed by atoms with Crippen LogP contribution in [-0.4, -0.2) is 34.2 Å². The molecule has 1 N–H and O–H groups in total. The van der Waals surface area contributed by atoms with E-state index in [1.807, 2.05) is 30.3 Å². The molecule has 1 heterocycles. The van der Waals surface area contributed by atoms with Gasteiger partial charge in [-0.2, -0.15) is 0 Å². The highest BCUT2D eigenvalue weighted by Gasteiger charge is 2.34. The monoisotopic (exact) mass is 407 g/mol. The maximum Gasteiger partial charge on any atom is 0.238 e. The fraction of sp³-hybridized carbons (Fsp3) is 0.167. The Morgan fingerprint density at radius 2 is 1.85 bits per heavy atom. The van der Waals surface area contributed by atoms with Crippen LogP contribution in [0, 0.1) is 0 Å². The summed E-state index contributed by atoms with van der Waals surface area (Å²) in [7, 11) is 1.65. The van der Waals surface area contributed by atoms with Crippen LogP contribution in [0.25, 0.3) is 0 Å². The summed E-state index contributed by atoms with van der Waals surface area (Å²) in [6.07, 6.45) is 0.0924. The Morgan fingerprint density at radius 1 is 1.19 bits per heavy atom. The number of nitrogens with one attached hydrogen (secondary N) is 1. The lowest BCUT2D eigenvalue weighted by Crippen LogP contribution is -2.43. The van der Waals surface area contributed by atoms with Crippen LogP contribution in [0.2, 0.25) is 10.0 Å². The summed E-state index contributed by atoms with van der Waals surface area (Å²) in [5.74, 6) is -0.460. The minimum absolute atomic E-state index is 0.0924. The number of hydrogen-bond donors (Lipinski definition) is 1. The number of hydrogen-bond acceptors (Lipinski definition) is 4. The number of benzene rings is 2. The topological polar surface area (TPSA) is 61.8 Å². The van der Waals surface area contributed by atoms with Crippen LogP contribution in [0.1, 0.15) is 6.42 Å². The van der Waals surface area contributed by atoms with Gasteiger partial charge >= 0.3 is 0 Å². The quantitative estimate of drug-likeness (QED) is 0.809. The number of anilines is 1. The molecule has 8 heteroatoms. The van der Waals surface area contributed by atoms with Gasteiger partial charge in [0, 0.05) is 29.2 Å². The number of rotatable bonds is 3. The lowest BCUT2D eigenvalue weighted by Gasteiger charge is -2.28. The van der Waals surface area contributed by atoms with Crippen molar-refractivity contribution in [3.63, 3.8) is 0 Å². The Balaban J connectivity index is 1.78. The van der Waals surface area contributed by atoms with Crippen LogP contribution >= 0.6 is 35.0 Å². The fourth-order valence-electron chi connectivity index (χ4n) is 2.36.